The molecule has 28 heavy (non-hydrogen) atoms. The lowest BCUT2D eigenvalue weighted by Crippen LogP contribution is -2.05. The van der Waals surface area contributed by atoms with E-state index in [1.807, 2.05) is 6.92 Å². The summed E-state index contributed by atoms with van der Waals surface area (Å²) in [7, 11) is 1.80. The average Bonchev–Trinajstić information content (AvgIpc) is 3.01. The lowest BCUT2D eigenvalue weighted by atomic mass is 10.1. The maximum Gasteiger partial charge on any atom is 0.149 e. The maximum absolute atomic E-state index is 14.1. The van der Waals surface area contributed by atoms with Gasteiger partial charge in [-0.3, -0.25) is 0 Å². The summed E-state index contributed by atoms with van der Waals surface area (Å²) in [6, 6.07) is 8.21. The second kappa shape index (κ2) is 7.07. The largest absolute Gasteiger partial charge is 0.337 e. The van der Waals surface area contributed by atoms with E-state index in [0.29, 0.717) is 46.8 Å². The minimum Gasteiger partial charge on any atom is -0.337 e. The third-order valence-electron chi connectivity index (χ3n) is 4.67. The van der Waals surface area contributed by atoms with E-state index in [0.717, 1.165) is 6.07 Å². The normalized spacial score (nSPS) is 11.3. The molecule has 2 aromatic heterocycles. The molecule has 4 rings (SSSR count). The standard InChI is InChI=1S/C21H17F3N4/c1-12-14-4-3-5-16(23)21(14)27-19(25-12)8-9-20-26-18(11-28(20)2)15-7-6-13(22)10-17(15)24/h3-7,10-11H,8-9H2,1-2H3. The van der Waals surface area contributed by atoms with E-state index < -0.39 is 11.6 Å². The van der Waals surface area contributed by atoms with Crippen LogP contribution in [0.4, 0.5) is 13.2 Å². The van der Waals surface area contributed by atoms with E-state index in [1.54, 1.807) is 29.9 Å². The molecule has 0 saturated carbocycles. The molecule has 0 bridgehead atoms. The van der Waals surface area contributed by atoms with Gasteiger partial charge in [-0.25, -0.2) is 28.1 Å². The zero-order chi connectivity index (χ0) is 19.8. The molecule has 0 atom stereocenters. The monoisotopic (exact) mass is 382 g/mol. The number of fused-ring (bicyclic) bond motifs is 1. The molecule has 4 nitrogen and oxygen atoms in total. The van der Waals surface area contributed by atoms with Crippen LogP contribution in [0.2, 0.25) is 0 Å². The Kier molecular flexibility index (Phi) is 4.58. The Morgan fingerprint density at radius 1 is 0.929 bits per heavy atom. The highest BCUT2D eigenvalue weighted by Gasteiger charge is 2.14. The number of nitrogens with zero attached hydrogens (tertiary/aromatic N) is 4. The molecule has 2 aromatic carbocycles. The minimum absolute atomic E-state index is 0.239. The van der Waals surface area contributed by atoms with Crippen LogP contribution in [-0.2, 0) is 19.9 Å². The summed E-state index contributed by atoms with van der Waals surface area (Å²) in [6.45, 7) is 1.82. The number of aromatic nitrogens is 4. The Bertz CT molecular complexity index is 1180. The molecule has 0 aliphatic heterocycles. The van der Waals surface area contributed by atoms with Gasteiger partial charge in [0.2, 0.25) is 0 Å². The predicted octanol–water partition coefficient (Wildman–Crippen LogP) is 4.54. The zero-order valence-electron chi connectivity index (χ0n) is 15.4. The van der Waals surface area contributed by atoms with Crippen molar-refractivity contribution in [3.8, 4) is 11.3 Å². The fourth-order valence-electron chi connectivity index (χ4n) is 3.23. The van der Waals surface area contributed by atoms with Gasteiger partial charge in [0.25, 0.3) is 0 Å². The molecule has 0 N–H and O–H groups in total. The van der Waals surface area contributed by atoms with E-state index in [2.05, 4.69) is 15.0 Å². The molecule has 7 heteroatoms. The summed E-state index contributed by atoms with van der Waals surface area (Å²) in [5.41, 5.74) is 1.69. The summed E-state index contributed by atoms with van der Waals surface area (Å²) in [6.07, 6.45) is 2.65. The van der Waals surface area contributed by atoms with E-state index in [1.165, 1.54) is 18.2 Å². The van der Waals surface area contributed by atoms with Gasteiger partial charge in [-0.15, -0.1) is 0 Å². The number of halogens is 3. The molecular weight excluding hydrogens is 365 g/mol. The Labute approximate surface area is 159 Å². The van der Waals surface area contributed by atoms with Crippen molar-refractivity contribution in [2.45, 2.75) is 19.8 Å². The first-order valence-corrected chi connectivity index (χ1v) is 8.82. The van der Waals surface area contributed by atoms with Gasteiger partial charge in [0.15, 0.2) is 0 Å². The number of aryl methyl sites for hydroxylation is 4. The first-order valence-electron chi connectivity index (χ1n) is 8.82. The van der Waals surface area contributed by atoms with Crippen LogP contribution in [-0.4, -0.2) is 19.5 Å². The van der Waals surface area contributed by atoms with Gasteiger partial charge in [0.05, 0.1) is 5.69 Å². The van der Waals surface area contributed by atoms with Crippen LogP contribution >= 0.6 is 0 Å². The van der Waals surface area contributed by atoms with Crippen molar-refractivity contribution in [2.24, 2.45) is 7.05 Å². The van der Waals surface area contributed by atoms with E-state index in [4.69, 9.17) is 0 Å². The number of hydrogen-bond acceptors (Lipinski definition) is 3. The molecule has 0 aliphatic carbocycles. The Morgan fingerprint density at radius 2 is 1.75 bits per heavy atom. The molecular formula is C21H17F3N4. The highest BCUT2D eigenvalue weighted by molar-refractivity contribution is 5.81. The van der Waals surface area contributed by atoms with Crippen LogP contribution in [0.5, 0.6) is 0 Å². The highest BCUT2D eigenvalue weighted by atomic mass is 19.1. The Balaban J connectivity index is 1.60. The van der Waals surface area contributed by atoms with Crippen LogP contribution in [0, 0.1) is 24.4 Å². The van der Waals surface area contributed by atoms with Gasteiger partial charge in [-0.05, 0) is 25.1 Å². The lowest BCUT2D eigenvalue weighted by Gasteiger charge is -2.06. The van der Waals surface area contributed by atoms with Crippen LogP contribution in [0.25, 0.3) is 22.2 Å². The first-order chi connectivity index (χ1) is 13.4. The van der Waals surface area contributed by atoms with Gasteiger partial charge in [-0.1, -0.05) is 12.1 Å². The van der Waals surface area contributed by atoms with Crippen molar-refractivity contribution >= 4 is 10.9 Å². The van der Waals surface area contributed by atoms with Crippen molar-refractivity contribution in [2.75, 3.05) is 0 Å². The SMILES string of the molecule is Cc1nc(CCc2nc(-c3ccc(F)cc3F)cn2C)nc2c(F)cccc12. The summed E-state index contributed by atoms with van der Waals surface area (Å²) >= 11 is 0. The number of hydrogen-bond donors (Lipinski definition) is 0. The number of para-hydroxylation sites is 1. The van der Waals surface area contributed by atoms with Gasteiger partial charge < -0.3 is 4.57 Å². The van der Waals surface area contributed by atoms with Gasteiger partial charge in [0, 0.05) is 48.8 Å². The van der Waals surface area contributed by atoms with Crippen LogP contribution < -0.4 is 0 Å². The molecule has 0 fully saturated rings. The molecule has 0 radical (unpaired) electrons. The Morgan fingerprint density at radius 3 is 2.54 bits per heavy atom. The quantitative estimate of drug-likeness (QED) is 0.520. The average molecular weight is 382 g/mol. The van der Waals surface area contributed by atoms with E-state index >= 15 is 0 Å². The molecule has 0 unspecified atom stereocenters. The van der Waals surface area contributed by atoms with Gasteiger partial charge >= 0.3 is 0 Å². The number of benzene rings is 2. The van der Waals surface area contributed by atoms with E-state index in [9.17, 15) is 13.2 Å². The van der Waals surface area contributed by atoms with Crippen molar-refractivity contribution in [1.29, 1.82) is 0 Å². The second-order valence-electron chi connectivity index (χ2n) is 6.64. The molecule has 142 valence electrons. The number of rotatable bonds is 4. The smallest absolute Gasteiger partial charge is 0.149 e. The summed E-state index contributed by atoms with van der Waals surface area (Å²) in [5, 5.41) is 0.690. The molecule has 0 saturated heterocycles. The fraction of sp³-hybridized carbons (Fsp3) is 0.190. The predicted molar refractivity (Wildman–Crippen MR) is 100 cm³/mol. The van der Waals surface area contributed by atoms with E-state index in [-0.39, 0.29) is 11.4 Å². The van der Waals surface area contributed by atoms with Crippen molar-refractivity contribution in [1.82, 2.24) is 19.5 Å². The third kappa shape index (κ3) is 3.35. The maximum atomic E-state index is 14.1. The van der Waals surface area contributed by atoms with Crippen LogP contribution in [0.3, 0.4) is 0 Å². The van der Waals surface area contributed by atoms with Crippen molar-refractivity contribution in [3.63, 3.8) is 0 Å². The molecule has 4 aromatic rings. The zero-order valence-corrected chi connectivity index (χ0v) is 15.4. The first kappa shape index (κ1) is 18.2. The topological polar surface area (TPSA) is 43.6 Å². The highest BCUT2D eigenvalue weighted by Crippen LogP contribution is 2.23. The molecule has 0 amide bonds. The fourth-order valence-corrected chi connectivity index (χ4v) is 3.23. The van der Waals surface area contributed by atoms with Crippen molar-refractivity contribution in [3.05, 3.63) is 77.4 Å². The summed E-state index contributed by atoms with van der Waals surface area (Å²) in [4.78, 5) is 13.3. The molecule has 0 aliphatic rings. The second-order valence-corrected chi connectivity index (χ2v) is 6.64. The van der Waals surface area contributed by atoms with Crippen LogP contribution in [0.1, 0.15) is 17.3 Å². The van der Waals surface area contributed by atoms with Crippen LogP contribution in [0.15, 0.2) is 42.6 Å². The third-order valence-corrected chi connectivity index (χ3v) is 4.67. The van der Waals surface area contributed by atoms with Gasteiger partial charge in [-0.2, -0.15) is 0 Å². The summed E-state index contributed by atoms with van der Waals surface area (Å²) < 4.78 is 43.0. The Hall–Kier alpha value is -3.22. The lowest BCUT2D eigenvalue weighted by molar-refractivity contribution is 0.585. The van der Waals surface area contributed by atoms with Gasteiger partial charge in [0.1, 0.15) is 34.6 Å². The molecule has 2 heterocycles. The number of imidazole rings is 1. The summed E-state index contributed by atoms with van der Waals surface area (Å²) in [5.74, 6) is -0.446. The minimum atomic E-state index is -0.659. The molecule has 0 spiro atoms. The van der Waals surface area contributed by atoms with Crippen molar-refractivity contribution < 1.29 is 13.2 Å².